The fraction of sp³-hybridized carbons (Fsp3) is 0.211. The Morgan fingerprint density at radius 3 is 2.52 bits per heavy atom. The standard InChI is InChI=1S/C19H13ClF4N2O3/c1-9-14(4-3-5-25-9)29-15-6-10(12(21)7-11(15)20)17-13(27)8-16(19(22,23)24)26(2)18(17)28/h3-8,17H,1-2H3. The highest BCUT2D eigenvalue weighted by molar-refractivity contribution is 6.32. The number of benzene rings is 1. The van der Waals surface area contributed by atoms with Crippen molar-refractivity contribution in [3.63, 3.8) is 0 Å². The summed E-state index contributed by atoms with van der Waals surface area (Å²) in [5.74, 6) is -4.99. The molecule has 1 amide bonds. The molecular formula is C19H13ClF4N2O3. The molecule has 0 spiro atoms. The van der Waals surface area contributed by atoms with Gasteiger partial charge in [0.05, 0.1) is 10.7 Å². The van der Waals surface area contributed by atoms with Gasteiger partial charge in [-0.25, -0.2) is 4.39 Å². The molecule has 0 radical (unpaired) electrons. The number of ether oxygens (including phenoxy) is 1. The maximum Gasteiger partial charge on any atom is 0.431 e. The van der Waals surface area contributed by atoms with Crippen molar-refractivity contribution < 1.29 is 31.9 Å². The van der Waals surface area contributed by atoms with E-state index in [9.17, 15) is 27.2 Å². The minimum absolute atomic E-state index is 0.0759. The summed E-state index contributed by atoms with van der Waals surface area (Å²) in [6.45, 7) is 1.65. The minimum Gasteiger partial charge on any atom is -0.454 e. The van der Waals surface area contributed by atoms with E-state index >= 15 is 0 Å². The fourth-order valence-corrected chi connectivity index (χ4v) is 3.04. The predicted molar refractivity (Wildman–Crippen MR) is 95.1 cm³/mol. The number of rotatable bonds is 3. The second-order valence-corrected chi connectivity index (χ2v) is 6.66. The Morgan fingerprint density at radius 2 is 1.90 bits per heavy atom. The largest absolute Gasteiger partial charge is 0.454 e. The van der Waals surface area contributed by atoms with E-state index in [2.05, 4.69) is 4.98 Å². The van der Waals surface area contributed by atoms with Crippen molar-refractivity contribution in [1.29, 1.82) is 0 Å². The molecule has 0 bridgehead atoms. The number of halogens is 5. The van der Waals surface area contributed by atoms with E-state index in [-0.39, 0.29) is 21.7 Å². The molecule has 1 atom stereocenters. The van der Waals surface area contributed by atoms with Crippen LogP contribution < -0.4 is 4.74 Å². The summed E-state index contributed by atoms with van der Waals surface area (Å²) in [5, 5.41) is -0.148. The topological polar surface area (TPSA) is 59.5 Å². The number of ketones is 1. The number of likely N-dealkylation sites (N-methyl/N-ethyl adjacent to an activating group) is 1. The van der Waals surface area contributed by atoms with Crippen molar-refractivity contribution in [3.05, 3.63) is 64.3 Å². The lowest BCUT2D eigenvalue weighted by Gasteiger charge is -2.30. The number of pyridine rings is 1. The van der Waals surface area contributed by atoms with Crippen LogP contribution in [0.1, 0.15) is 17.2 Å². The molecule has 1 aromatic carbocycles. The molecule has 1 aliphatic rings. The first-order chi connectivity index (χ1) is 13.5. The van der Waals surface area contributed by atoms with Crippen LogP contribution in [0.25, 0.3) is 0 Å². The first kappa shape index (κ1) is 20.8. The molecule has 3 rings (SSSR count). The molecule has 0 saturated carbocycles. The zero-order valence-electron chi connectivity index (χ0n) is 15.1. The number of aromatic nitrogens is 1. The van der Waals surface area contributed by atoms with Crippen LogP contribution in [-0.2, 0) is 9.59 Å². The number of nitrogens with zero attached hydrogens (tertiary/aromatic N) is 2. The van der Waals surface area contributed by atoms with Gasteiger partial charge in [0.1, 0.15) is 28.9 Å². The summed E-state index contributed by atoms with van der Waals surface area (Å²) in [4.78, 5) is 29.1. The van der Waals surface area contributed by atoms with Gasteiger partial charge in [-0.1, -0.05) is 11.6 Å². The van der Waals surface area contributed by atoms with Crippen LogP contribution in [0.2, 0.25) is 5.02 Å². The van der Waals surface area contributed by atoms with Crippen LogP contribution in [0.5, 0.6) is 11.5 Å². The maximum absolute atomic E-state index is 14.5. The Labute approximate surface area is 167 Å². The van der Waals surface area contributed by atoms with Gasteiger partial charge in [0.25, 0.3) is 0 Å². The third-order valence-electron chi connectivity index (χ3n) is 4.33. The van der Waals surface area contributed by atoms with Gasteiger partial charge in [-0.2, -0.15) is 13.2 Å². The predicted octanol–water partition coefficient (Wildman–Crippen LogP) is 4.55. The van der Waals surface area contributed by atoms with Gasteiger partial charge in [-0.15, -0.1) is 0 Å². The Hall–Kier alpha value is -2.94. The lowest BCUT2D eigenvalue weighted by atomic mass is 9.89. The number of carbonyl (C=O) groups excluding carboxylic acids is 2. The van der Waals surface area contributed by atoms with Crippen LogP contribution in [0, 0.1) is 12.7 Å². The molecule has 1 aliphatic heterocycles. The molecule has 0 N–H and O–H groups in total. The van der Waals surface area contributed by atoms with Gasteiger partial charge < -0.3 is 9.64 Å². The average molecular weight is 429 g/mol. The van der Waals surface area contributed by atoms with Crippen LogP contribution in [-0.4, -0.2) is 34.8 Å². The van der Waals surface area contributed by atoms with Crippen molar-refractivity contribution in [2.24, 2.45) is 0 Å². The summed E-state index contributed by atoms with van der Waals surface area (Å²) < 4.78 is 59.2. The summed E-state index contributed by atoms with van der Waals surface area (Å²) in [6, 6.07) is 5.03. The van der Waals surface area contributed by atoms with Gasteiger partial charge in [-0.3, -0.25) is 14.6 Å². The number of carbonyl (C=O) groups is 2. The second-order valence-electron chi connectivity index (χ2n) is 6.25. The normalized spacial score (nSPS) is 17.4. The van der Waals surface area contributed by atoms with Crippen molar-refractivity contribution in [1.82, 2.24) is 9.88 Å². The molecule has 1 aromatic heterocycles. The Morgan fingerprint density at radius 1 is 1.21 bits per heavy atom. The third kappa shape index (κ3) is 3.95. The number of alkyl halides is 3. The minimum atomic E-state index is -4.91. The highest BCUT2D eigenvalue weighted by Crippen LogP contribution is 2.39. The van der Waals surface area contributed by atoms with Crippen molar-refractivity contribution in [3.8, 4) is 11.5 Å². The van der Waals surface area contributed by atoms with E-state index in [0.717, 1.165) is 19.2 Å². The zero-order chi connectivity index (χ0) is 21.5. The number of hydrogen-bond acceptors (Lipinski definition) is 4. The molecule has 2 aromatic rings. The van der Waals surface area contributed by atoms with Crippen molar-refractivity contribution in [2.45, 2.75) is 19.0 Å². The second kappa shape index (κ2) is 7.47. The van der Waals surface area contributed by atoms with E-state index in [4.69, 9.17) is 16.3 Å². The molecule has 1 unspecified atom stereocenters. The SMILES string of the molecule is Cc1ncccc1Oc1cc(C2C(=O)C=C(C(F)(F)F)N(C)C2=O)c(F)cc1Cl. The van der Waals surface area contributed by atoms with Gasteiger partial charge in [-0.05, 0) is 31.2 Å². The molecule has 29 heavy (non-hydrogen) atoms. The molecule has 5 nitrogen and oxygen atoms in total. The maximum atomic E-state index is 14.5. The third-order valence-corrected chi connectivity index (χ3v) is 4.63. The average Bonchev–Trinajstić information content (AvgIpc) is 2.62. The van der Waals surface area contributed by atoms with E-state index in [0.29, 0.717) is 11.4 Å². The van der Waals surface area contributed by atoms with Gasteiger partial charge >= 0.3 is 6.18 Å². The van der Waals surface area contributed by atoms with Crippen molar-refractivity contribution >= 4 is 23.3 Å². The smallest absolute Gasteiger partial charge is 0.431 e. The highest BCUT2D eigenvalue weighted by Gasteiger charge is 2.46. The molecule has 152 valence electrons. The van der Waals surface area contributed by atoms with Crippen LogP contribution in [0.15, 0.2) is 42.2 Å². The van der Waals surface area contributed by atoms with Gasteiger partial charge in [0.2, 0.25) is 5.91 Å². The monoisotopic (exact) mass is 428 g/mol. The molecule has 10 heteroatoms. The number of amides is 1. The summed E-state index contributed by atoms with van der Waals surface area (Å²) in [7, 11) is 0.866. The van der Waals surface area contributed by atoms with Crippen LogP contribution in [0.4, 0.5) is 17.6 Å². The first-order valence-corrected chi connectivity index (χ1v) is 8.57. The zero-order valence-corrected chi connectivity index (χ0v) is 15.8. The van der Waals surface area contributed by atoms with E-state index in [1.54, 1.807) is 19.1 Å². The Kier molecular flexibility index (Phi) is 5.36. The van der Waals surface area contributed by atoms with Gasteiger partial charge in [0, 0.05) is 24.9 Å². The molecule has 2 heterocycles. The molecule has 0 fully saturated rings. The Balaban J connectivity index is 2.05. The number of hydrogen-bond donors (Lipinski definition) is 0. The van der Waals surface area contributed by atoms with E-state index in [1.165, 1.54) is 6.20 Å². The highest BCUT2D eigenvalue weighted by atomic mass is 35.5. The molecular weight excluding hydrogens is 416 g/mol. The number of aryl methyl sites for hydroxylation is 1. The molecule has 0 saturated heterocycles. The fourth-order valence-electron chi connectivity index (χ4n) is 2.85. The Bertz CT molecular complexity index is 1040. The summed E-state index contributed by atoms with van der Waals surface area (Å²) >= 11 is 6.00. The van der Waals surface area contributed by atoms with Crippen LogP contribution in [0.3, 0.4) is 0 Å². The van der Waals surface area contributed by atoms with Gasteiger partial charge in [0.15, 0.2) is 5.78 Å². The molecule has 0 aliphatic carbocycles. The van der Waals surface area contributed by atoms with E-state index < -0.39 is 40.9 Å². The van der Waals surface area contributed by atoms with E-state index in [1.807, 2.05) is 0 Å². The first-order valence-electron chi connectivity index (χ1n) is 8.19. The number of allylic oxidation sites excluding steroid dienone is 2. The lowest BCUT2D eigenvalue weighted by molar-refractivity contribution is -0.147. The quantitative estimate of drug-likeness (QED) is 0.532. The van der Waals surface area contributed by atoms with Crippen molar-refractivity contribution in [2.75, 3.05) is 7.05 Å². The lowest BCUT2D eigenvalue weighted by Crippen LogP contribution is -2.43. The summed E-state index contributed by atoms with van der Waals surface area (Å²) in [5.41, 5.74) is -1.36. The van der Waals surface area contributed by atoms with Crippen LogP contribution >= 0.6 is 11.6 Å². The summed E-state index contributed by atoms with van der Waals surface area (Å²) in [6.07, 6.45) is -3.10.